The Bertz CT molecular complexity index is 964. The zero-order valence-corrected chi connectivity index (χ0v) is 18.2. The molecule has 1 heterocycles. The molecule has 30 heavy (non-hydrogen) atoms. The van der Waals surface area contributed by atoms with Crippen LogP contribution in [0.1, 0.15) is 30.0 Å². The quantitative estimate of drug-likeness (QED) is 0.645. The van der Waals surface area contributed by atoms with Crippen molar-refractivity contribution in [2.45, 2.75) is 25.8 Å². The molecule has 2 atom stereocenters. The molecule has 2 unspecified atom stereocenters. The van der Waals surface area contributed by atoms with Gasteiger partial charge in [0.2, 0.25) is 11.8 Å². The van der Waals surface area contributed by atoms with Gasteiger partial charge < -0.3 is 15.0 Å². The van der Waals surface area contributed by atoms with Crippen molar-refractivity contribution < 1.29 is 23.5 Å². The topological polar surface area (TPSA) is 75.7 Å². The van der Waals surface area contributed by atoms with Crippen molar-refractivity contribution in [1.82, 2.24) is 5.32 Å². The molecule has 3 rings (SSSR count). The minimum atomic E-state index is -0.645. The van der Waals surface area contributed by atoms with Crippen LogP contribution in [0.3, 0.4) is 0 Å². The molecule has 8 heteroatoms. The lowest BCUT2D eigenvalue weighted by molar-refractivity contribution is -0.141. The number of hydrogen-bond acceptors (Lipinski definition) is 4. The number of hydrogen-bond donors (Lipinski definition) is 1. The van der Waals surface area contributed by atoms with Gasteiger partial charge in [0.05, 0.1) is 31.2 Å². The van der Waals surface area contributed by atoms with E-state index in [2.05, 4.69) is 21.2 Å². The van der Waals surface area contributed by atoms with Crippen molar-refractivity contribution in [2.75, 3.05) is 18.6 Å². The van der Waals surface area contributed by atoms with Crippen LogP contribution in [0.5, 0.6) is 0 Å². The predicted octanol–water partition coefficient (Wildman–Crippen LogP) is 3.67. The molecule has 0 aliphatic carbocycles. The Morgan fingerprint density at radius 1 is 1.27 bits per heavy atom. The lowest BCUT2D eigenvalue weighted by Crippen LogP contribution is -2.36. The van der Waals surface area contributed by atoms with Crippen molar-refractivity contribution in [3.63, 3.8) is 0 Å². The summed E-state index contributed by atoms with van der Waals surface area (Å²) in [7, 11) is 1.28. The molecule has 2 aromatic carbocycles. The summed E-state index contributed by atoms with van der Waals surface area (Å²) in [4.78, 5) is 38.5. The summed E-state index contributed by atoms with van der Waals surface area (Å²) in [6.07, 6.45) is -0.0642. The Morgan fingerprint density at radius 2 is 1.97 bits per heavy atom. The molecule has 158 valence electrons. The molecule has 0 aromatic heterocycles. The first kappa shape index (κ1) is 22.0. The SMILES string of the molecule is COC(=O)CC(NC(=O)C1CC(=O)N(c2ccc(C)cc2F)C1)c1ccc(Br)cc1. The number of carbonyl (C=O) groups is 3. The molecule has 0 spiro atoms. The second-order valence-electron chi connectivity index (χ2n) is 7.25. The van der Waals surface area contributed by atoms with E-state index in [4.69, 9.17) is 4.74 Å². The van der Waals surface area contributed by atoms with Gasteiger partial charge in [-0.15, -0.1) is 0 Å². The highest BCUT2D eigenvalue weighted by Gasteiger charge is 2.37. The van der Waals surface area contributed by atoms with Gasteiger partial charge in [-0.1, -0.05) is 34.1 Å². The lowest BCUT2D eigenvalue weighted by atomic mass is 10.0. The number of nitrogens with one attached hydrogen (secondary N) is 1. The summed E-state index contributed by atoms with van der Waals surface area (Å²) < 4.78 is 19.9. The summed E-state index contributed by atoms with van der Waals surface area (Å²) in [5.41, 5.74) is 1.65. The van der Waals surface area contributed by atoms with E-state index in [0.29, 0.717) is 0 Å². The number of ether oxygens (including phenoxy) is 1. The number of benzene rings is 2. The van der Waals surface area contributed by atoms with Crippen LogP contribution in [0.25, 0.3) is 0 Å². The van der Waals surface area contributed by atoms with Gasteiger partial charge in [-0.05, 0) is 42.3 Å². The number of rotatable bonds is 6. The van der Waals surface area contributed by atoms with E-state index < -0.39 is 23.7 Å². The molecule has 2 aromatic rings. The highest BCUT2D eigenvalue weighted by molar-refractivity contribution is 9.10. The van der Waals surface area contributed by atoms with Crippen molar-refractivity contribution in [2.24, 2.45) is 5.92 Å². The minimum Gasteiger partial charge on any atom is -0.469 e. The molecule has 1 aliphatic rings. The standard InChI is InChI=1S/C22H22BrFN2O4/c1-13-3-8-19(17(24)9-13)26-12-15(10-20(26)27)22(29)25-18(11-21(28)30-2)14-4-6-16(23)7-5-14/h3-9,15,18H,10-12H2,1-2H3,(H,25,29). The molecule has 1 aliphatic heterocycles. The summed E-state index contributed by atoms with van der Waals surface area (Å²) >= 11 is 3.36. The van der Waals surface area contributed by atoms with Gasteiger partial charge >= 0.3 is 5.97 Å². The third-order valence-corrected chi connectivity index (χ3v) is 5.61. The number of amides is 2. The second kappa shape index (κ2) is 9.38. The third kappa shape index (κ3) is 5.05. The van der Waals surface area contributed by atoms with Crippen molar-refractivity contribution in [1.29, 1.82) is 0 Å². The first-order valence-corrected chi connectivity index (χ1v) is 10.3. The smallest absolute Gasteiger partial charge is 0.307 e. The molecule has 2 amide bonds. The minimum absolute atomic E-state index is 0.0234. The fourth-order valence-electron chi connectivity index (χ4n) is 3.43. The van der Waals surface area contributed by atoms with Crippen LogP contribution in [0, 0.1) is 18.7 Å². The van der Waals surface area contributed by atoms with Crippen LogP contribution >= 0.6 is 15.9 Å². The summed E-state index contributed by atoms with van der Waals surface area (Å²) in [6, 6.07) is 11.2. The van der Waals surface area contributed by atoms with Crippen molar-refractivity contribution in [3.8, 4) is 0 Å². The summed E-state index contributed by atoms with van der Waals surface area (Å²) in [5.74, 6) is -2.29. The fourth-order valence-corrected chi connectivity index (χ4v) is 3.70. The normalized spacial score (nSPS) is 17.0. The lowest BCUT2D eigenvalue weighted by Gasteiger charge is -2.21. The third-order valence-electron chi connectivity index (χ3n) is 5.08. The first-order chi connectivity index (χ1) is 14.3. The maximum absolute atomic E-state index is 14.3. The molecule has 0 radical (unpaired) electrons. The average Bonchev–Trinajstić information content (AvgIpc) is 3.09. The highest BCUT2D eigenvalue weighted by Crippen LogP contribution is 2.29. The number of aryl methyl sites for hydroxylation is 1. The van der Waals surface area contributed by atoms with Gasteiger partial charge in [-0.3, -0.25) is 14.4 Å². The first-order valence-electron chi connectivity index (χ1n) is 9.47. The van der Waals surface area contributed by atoms with Crippen LogP contribution < -0.4 is 10.2 Å². The number of methoxy groups -OCH3 is 1. The van der Waals surface area contributed by atoms with E-state index >= 15 is 0 Å². The Balaban J connectivity index is 1.74. The van der Waals surface area contributed by atoms with Crippen LogP contribution in [0.4, 0.5) is 10.1 Å². The summed E-state index contributed by atoms with van der Waals surface area (Å²) in [6.45, 7) is 1.84. The van der Waals surface area contributed by atoms with E-state index in [0.717, 1.165) is 15.6 Å². The Labute approximate surface area is 182 Å². The van der Waals surface area contributed by atoms with Crippen LogP contribution in [-0.2, 0) is 19.1 Å². The maximum atomic E-state index is 14.3. The van der Waals surface area contributed by atoms with E-state index in [1.165, 1.54) is 18.1 Å². The molecule has 0 bridgehead atoms. The van der Waals surface area contributed by atoms with Gasteiger partial charge in [0.15, 0.2) is 0 Å². The van der Waals surface area contributed by atoms with Crippen molar-refractivity contribution in [3.05, 3.63) is 63.9 Å². The number of anilines is 1. The van der Waals surface area contributed by atoms with Gasteiger partial charge in [0, 0.05) is 17.4 Å². The van der Waals surface area contributed by atoms with Crippen LogP contribution in [0.15, 0.2) is 46.9 Å². The van der Waals surface area contributed by atoms with E-state index in [1.54, 1.807) is 31.2 Å². The van der Waals surface area contributed by atoms with E-state index in [1.807, 2.05) is 12.1 Å². The molecular weight excluding hydrogens is 455 g/mol. The van der Waals surface area contributed by atoms with E-state index in [-0.39, 0.29) is 36.9 Å². The zero-order chi connectivity index (χ0) is 21.8. The van der Waals surface area contributed by atoms with Gasteiger partial charge in [-0.2, -0.15) is 0 Å². The van der Waals surface area contributed by atoms with Crippen LogP contribution in [-0.4, -0.2) is 31.4 Å². The molecule has 1 fully saturated rings. The molecule has 1 saturated heterocycles. The van der Waals surface area contributed by atoms with Crippen LogP contribution in [0.2, 0.25) is 0 Å². The highest BCUT2D eigenvalue weighted by atomic mass is 79.9. The fraction of sp³-hybridized carbons (Fsp3) is 0.318. The number of nitrogens with zero attached hydrogens (tertiary/aromatic N) is 1. The maximum Gasteiger partial charge on any atom is 0.307 e. The second-order valence-corrected chi connectivity index (χ2v) is 8.17. The average molecular weight is 477 g/mol. The molecule has 0 saturated carbocycles. The summed E-state index contributed by atoms with van der Waals surface area (Å²) in [5, 5.41) is 2.85. The molecule has 6 nitrogen and oxygen atoms in total. The van der Waals surface area contributed by atoms with Gasteiger partial charge in [0.1, 0.15) is 5.82 Å². The van der Waals surface area contributed by atoms with Gasteiger partial charge in [-0.25, -0.2) is 4.39 Å². The number of esters is 1. The number of carbonyl (C=O) groups excluding carboxylic acids is 3. The van der Waals surface area contributed by atoms with E-state index in [9.17, 15) is 18.8 Å². The Hall–Kier alpha value is -2.74. The van der Waals surface area contributed by atoms with Crippen molar-refractivity contribution >= 4 is 39.4 Å². The van der Waals surface area contributed by atoms with Gasteiger partial charge in [0.25, 0.3) is 0 Å². The molecule has 1 N–H and O–H groups in total. The largest absolute Gasteiger partial charge is 0.469 e. The molecular formula is C22H22BrFN2O4. The Kier molecular flexibility index (Phi) is 6.87. The monoisotopic (exact) mass is 476 g/mol. The predicted molar refractivity (Wildman–Crippen MR) is 113 cm³/mol. The number of halogens is 2. The zero-order valence-electron chi connectivity index (χ0n) is 16.7. The Morgan fingerprint density at radius 3 is 2.60 bits per heavy atom.